The first kappa shape index (κ1) is 16.3. The van der Waals surface area contributed by atoms with Crippen LogP contribution in [0.2, 0.25) is 0 Å². The summed E-state index contributed by atoms with van der Waals surface area (Å²) in [6.07, 6.45) is -0.159. The Balaban J connectivity index is 2.35. The first-order chi connectivity index (χ1) is 9.49. The zero-order valence-electron chi connectivity index (χ0n) is 10.3. The molecule has 20 heavy (non-hydrogen) atoms. The van der Waals surface area contributed by atoms with Crippen molar-refractivity contribution in [1.82, 2.24) is 5.32 Å². The molecule has 0 spiro atoms. The molecule has 2 N–H and O–H groups in total. The fourth-order valence-electron chi connectivity index (χ4n) is 1.21. The fourth-order valence-corrected chi connectivity index (χ4v) is 2.04. The van der Waals surface area contributed by atoms with E-state index < -0.39 is 19.0 Å². The summed E-state index contributed by atoms with van der Waals surface area (Å²) in [6, 6.07) is 3.17. The summed E-state index contributed by atoms with van der Waals surface area (Å²) in [7, 11) is 0. The normalized spacial score (nSPS) is 11.2. The maximum Gasteiger partial charge on any atom is 0.328 e. The molecule has 0 aromatic carbocycles. The lowest BCUT2D eigenvalue weighted by atomic mass is 10.4. The second-order valence-electron chi connectivity index (χ2n) is 3.60. The summed E-state index contributed by atoms with van der Waals surface area (Å²) in [6.45, 7) is -0.518. The molecule has 0 bridgehead atoms. The Hall–Kier alpha value is -1.80. The van der Waals surface area contributed by atoms with Crippen molar-refractivity contribution >= 4 is 29.3 Å². The maximum atomic E-state index is 11.8. The first-order valence-electron chi connectivity index (χ1n) is 5.64. The van der Waals surface area contributed by atoms with E-state index in [0.29, 0.717) is 9.75 Å². The van der Waals surface area contributed by atoms with Gasteiger partial charge in [0.15, 0.2) is 0 Å². The molecule has 1 heterocycles. The molecule has 1 aromatic rings. The number of aliphatic carboxylic acids is 1. The maximum absolute atomic E-state index is 11.8. The van der Waals surface area contributed by atoms with Crippen molar-refractivity contribution in [1.29, 1.82) is 0 Å². The zero-order chi connectivity index (χ0) is 15.0. The van der Waals surface area contributed by atoms with Crippen molar-refractivity contribution in [2.24, 2.45) is 0 Å². The molecule has 5 nitrogen and oxygen atoms in total. The van der Waals surface area contributed by atoms with E-state index in [1.54, 1.807) is 12.1 Å². The van der Waals surface area contributed by atoms with E-state index in [0.717, 1.165) is 17.4 Å². The highest BCUT2D eigenvalue weighted by molar-refractivity contribution is 7.14. The SMILES string of the molecule is O=C(O)/C=C/c1ccc(C(=O)NCCOCC(F)F)s1. The van der Waals surface area contributed by atoms with Crippen LogP contribution in [-0.2, 0) is 9.53 Å². The van der Waals surface area contributed by atoms with Gasteiger partial charge in [0.2, 0.25) is 0 Å². The third-order valence-corrected chi connectivity index (χ3v) is 3.07. The van der Waals surface area contributed by atoms with Crippen molar-refractivity contribution in [3.05, 3.63) is 28.0 Å². The molecule has 0 saturated heterocycles. The van der Waals surface area contributed by atoms with E-state index >= 15 is 0 Å². The summed E-state index contributed by atoms with van der Waals surface area (Å²) >= 11 is 1.13. The Kier molecular flexibility index (Phi) is 6.82. The molecule has 0 saturated carbocycles. The minimum Gasteiger partial charge on any atom is -0.478 e. The molecule has 8 heteroatoms. The lowest BCUT2D eigenvalue weighted by molar-refractivity contribution is -0.131. The van der Waals surface area contributed by atoms with Crippen molar-refractivity contribution in [2.75, 3.05) is 19.8 Å². The molecule has 0 atom stereocenters. The number of carbonyl (C=O) groups excluding carboxylic acids is 1. The number of amides is 1. The Morgan fingerprint density at radius 3 is 2.85 bits per heavy atom. The summed E-state index contributed by atoms with van der Waals surface area (Å²) in [4.78, 5) is 23.0. The third-order valence-electron chi connectivity index (χ3n) is 2.02. The molecule has 0 radical (unpaired) electrons. The standard InChI is InChI=1S/C12H13F2NO4S/c13-10(14)7-19-6-5-15-12(18)9-3-1-8(20-9)2-4-11(16)17/h1-4,10H,5-7H2,(H,15,18)(H,16,17)/b4-2+. The molecular weight excluding hydrogens is 292 g/mol. The molecule has 0 unspecified atom stereocenters. The number of thiophene rings is 1. The predicted octanol–water partition coefficient (Wildman–Crippen LogP) is 1.86. The van der Waals surface area contributed by atoms with Gasteiger partial charge in [0.25, 0.3) is 12.3 Å². The summed E-state index contributed by atoms with van der Waals surface area (Å²) in [5.74, 6) is -1.42. The van der Waals surface area contributed by atoms with Crippen LogP contribution in [0.5, 0.6) is 0 Å². The van der Waals surface area contributed by atoms with Crippen LogP contribution in [-0.4, -0.2) is 43.2 Å². The molecular formula is C12H13F2NO4S. The van der Waals surface area contributed by atoms with Gasteiger partial charge in [-0.05, 0) is 18.2 Å². The number of hydrogen-bond donors (Lipinski definition) is 2. The van der Waals surface area contributed by atoms with Gasteiger partial charge in [0.1, 0.15) is 6.61 Å². The number of nitrogens with one attached hydrogen (secondary N) is 1. The second kappa shape index (κ2) is 8.39. The number of carboxylic acid groups (broad SMARTS) is 1. The van der Waals surface area contributed by atoms with Gasteiger partial charge in [-0.15, -0.1) is 11.3 Å². The number of hydrogen-bond acceptors (Lipinski definition) is 4. The number of alkyl halides is 2. The first-order valence-corrected chi connectivity index (χ1v) is 6.45. The minimum absolute atomic E-state index is 0.00717. The van der Waals surface area contributed by atoms with Gasteiger partial charge in [-0.1, -0.05) is 0 Å². The monoisotopic (exact) mass is 305 g/mol. The Morgan fingerprint density at radius 2 is 2.20 bits per heavy atom. The molecule has 1 amide bonds. The minimum atomic E-state index is -2.52. The van der Waals surface area contributed by atoms with E-state index in [-0.39, 0.29) is 19.1 Å². The van der Waals surface area contributed by atoms with Gasteiger partial charge in [0.05, 0.1) is 11.5 Å². The van der Waals surface area contributed by atoms with Crippen LogP contribution in [0.1, 0.15) is 14.5 Å². The van der Waals surface area contributed by atoms with Crippen LogP contribution < -0.4 is 5.32 Å². The lowest BCUT2D eigenvalue weighted by Gasteiger charge is -2.04. The van der Waals surface area contributed by atoms with Crippen LogP contribution in [0.25, 0.3) is 6.08 Å². The van der Waals surface area contributed by atoms with Gasteiger partial charge in [-0.25, -0.2) is 13.6 Å². The van der Waals surface area contributed by atoms with Gasteiger partial charge >= 0.3 is 5.97 Å². The van der Waals surface area contributed by atoms with Crippen LogP contribution in [0.15, 0.2) is 18.2 Å². The smallest absolute Gasteiger partial charge is 0.328 e. The Morgan fingerprint density at radius 1 is 1.45 bits per heavy atom. The molecule has 0 aliphatic rings. The Bertz CT molecular complexity index is 488. The highest BCUT2D eigenvalue weighted by atomic mass is 32.1. The summed E-state index contributed by atoms with van der Waals surface area (Å²) in [5, 5.41) is 11.0. The highest BCUT2D eigenvalue weighted by Gasteiger charge is 2.08. The quantitative estimate of drug-likeness (QED) is 0.568. The van der Waals surface area contributed by atoms with Crippen molar-refractivity contribution in [3.8, 4) is 0 Å². The highest BCUT2D eigenvalue weighted by Crippen LogP contribution is 2.17. The topological polar surface area (TPSA) is 75.6 Å². The van der Waals surface area contributed by atoms with Crippen molar-refractivity contribution in [2.45, 2.75) is 6.43 Å². The number of ether oxygens (including phenoxy) is 1. The van der Waals surface area contributed by atoms with E-state index in [2.05, 4.69) is 10.1 Å². The van der Waals surface area contributed by atoms with E-state index in [9.17, 15) is 18.4 Å². The summed E-state index contributed by atoms with van der Waals surface area (Å²) < 4.78 is 28.1. The van der Waals surface area contributed by atoms with Crippen LogP contribution in [0.4, 0.5) is 8.78 Å². The zero-order valence-corrected chi connectivity index (χ0v) is 11.2. The van der Waals surface area contributed by atoms with Gasteiger partial charge < -0.3 is 15.2 Å². The van der Waals surface area contributed by atoms with Crippen molar-refractivity contribution in [3.63, 3.8) is 0 Å². The van der Waals surface area contributed by atoms with Crippen molar-refractivity contribution < 1.29 is 28.2 Å². The fraction of sp³-hybridized carbons (Fsp3) is 0.333. The van der Waals surface area contributed by atoms with Gasteiger partial charge in [0, 0.05) is 17.5 Å². The van der Waals surface area contributed by atoms with E-state index in [4.69, 9.17) is 5.11 Å². The molecule has 1 rings (SSSR count). The van der Waals surface area contributed by atoms with E-state index in [1.807, 2.05) is 0 Å². The van der Waals surface area contributed by atoms with Gasteiger partial charge in [-0.2, -0.15) is 0 Å². The molecule has 1 aromatic heterocycles. The van der Waals surface area contributed by atoms with Crippen LogP contribution in [0, 0.1) is 0 Å². The second-order valence-corrected chi connectivity index (χ2v) is 4.71. The number of carbonyl (C=O) groups is 2. The average Bonchev–Trinajstić information content (AvgIpc) is 2.84. The number of halogens is 2. The average molecular weight is 305 g/mol. The lowest BCUT2D eigenvalue weighted by Crippen LogP contribution is -2.27. The number of rotatable bonds is 8. The largest absolute Gasteiger partial charge is 0.478 e. The predicted molar refractivity (Wildman–Crippen MR) is 70.1 cm³/mol. The van der Waals surface area contributed by atoms with E-state index in [1.165, 1.54) is 6.08 Å². The molecule has 0 fully saturated rings. The van der Waals surface area contributed by atoms with Crippen LogP contribution in [0.3, 0.4) is 0 Å². The van der Waals surface area contributed by atoms with Gasteiger partial charge in [-0.3, -0.25) is 4.79 Å². The molecule has 0 aliphatic carbocycles. The van der Waals surface area contributed by atoms with Crippen LogP contribution >= 0.6 is 11.3 Å². The third kappa shape index (κ3) is 6.39. The molecule has 0 aliphatic heterocycles. The Labute approximate surface area is 117 Å². The summed E-state index contributed by atoms with van der Waals surface area (Å²) in [5.41, 5.74) is 0. The molecule has 110 valence electrons. The number of carboxylic acids is 1.